The van der Waals surface area contributed by atoms with Crippen LogP contribution in [-0.2, 0) is 6.61 Å². The number of hydrogen-bond donors (Lipinski definition) is 0. The summed E-state index contributed by atoms with van der Waals surface area (Å²) >= 11 is 13.8. The molecule has 5 aromatic rings. The van der Waals surface area contributed by atoms with Crippen molar-refractivity contribution in [3.8, 4) is 5.75 Å². The van der Waals surface area contributed by atoms with Crippen LogP contribution in [0.4, 0.5) is 5.69 Å². The van der Waals surface area contributed by atoms with Crippen LogP contribution < -0.4 is 19.7 Å². The summed E-state index contributed by atoms with van der Waals surface area (Å²) in [6.07, 6.45) is 1.88. The first-order valence-electron chi connectivity index (χ1n) is 11.4. The Kier molecular flexibility index (Phi) is 6.69. The number of fused-ring (bicyclic) bond motifs is 3. The van der Waals surface area contributed by atoms with Crippen molar-refractivity contribution < 1.29 is 4.74 Å². The average molecular weight is 524 g/mol. The second-order valence-corrected chi connectivity index (χ2v) is 9.91. The topological polar surface area (TPSA) is 46.8 Å². The fraction of sp³-hybridized carbons (Fsp3) is 0.185. The van der Waals surface area contributed by atoms with Crippen LogP contribution in [0.25, 0.3) is 22.1 Å². The fourth-order valence-corrected chi connectivity index (χ4v) is 5.54. The predicted molar refractivity (Wildman–Crippen MR) is 146 cm³/mol. The standard InChI is InChI=1S/C27H23Cl2N3O2S/c1-3-31(4-2)20-12-10-17(24(15-20)34-16-18-9-11-19(28)14-21(18)29)13-25-26(33)32-23-8-6-5-7-22(23)30-27(32)35-25/h5-15H,3-4,16H2,1-2H3. The Morgan fingerprint density at radius 2 is 1.86 bits per heavy atom. The van der Waals surface area contributed by atoms with Gasteiger partial charge in [-0.15, -0.1) is 0 Å². The highest BCUT2D eigenvalue weighted by molar-refractivity contribution is 7.15. The summed E-state index contributed by atoms with van der Waals surface area (Å²) in [4.78, 5) is 20.8. The molecule has 0 radical (unpaired) electrons. The Morgan fingerprint density at radius 1 is 1.06 bits per heavy atom. The molecule has 8 heteroatoms. The summed E-state index contributed by atoms with van der Waals surface area (Å²) in [6.45, 7) is 6.27. The Labute approximate surface area is 216 Å². The summed E-state index contributed by atoms with van der Waals surface area (Å²) in [5.41, 5.74) is 4.25. The molecule has 0 N–H and O–H groups in total. The molecular weight excluding hydrogens is 501 g/mol. The van der Waals surface area contributed by atoms with Crippen LogP contribution in [0.3, 0.4) is 0 Å². The maximum atomic E-state index is 13.3. The van der Waals surface area contributed by atoms with Gasteiger partial charge in [0.25, 0.3) is 5.56 Å². The summed E-state index contributed by atoms with van der Waals surface area (Å²) in [5.74, 6) is 0.677. The van der Waals surface area contributed by atoms with Crippen LogP contribution in [0.5, 0.6) is 5.75 Å². The molecule has 0 aliphatic heterocycles. The lowest BCUT2D eigenvalue weighted by atomic mass is 10.1. The number of benzene rings is 3. The summed E-state index contributed by atoms with van der Waals surface area (Å²) in [5, 5.41) is 1.13. The summed E-state index contributed by atoms with van der Waals surface area (Å²) in [6, 6.07) is 19.1. The van der Waals surface area contributed by atoms with Crippen LogP contribution in [0.1, 0.15) is 25.0 Å². The molecule has 5 rings (SSSR count). The molecule has 0 aliphatic carbocycles. The highest BCUT2D eigenvalue weighted by Gasteiger charge is 2.13. The van der Waals surface area contributed by atoms with Crippen molar-refractivity contribution in [2.75, 3.05) is 18.0 Å². The minimum Gasteiger partial charge on any atom is -0.488 e. The lowest BCUT2D eigenvalue weighted by Gasteiger charge is -2.22. The third kappa shape index (κ3) is 4.61. The Balaban J connectivity index is 1.59. The van der Waals surface area contributed by atoms with Crippen LogP contribution >= 0.6 is 34.5 Å². The van der Waals surface area contributed by atoms with Gasteiger partial charge in [-0.3, -0.25) is 4.79 Å². The minimum absolute atomic E-state index is 0.0850. The zero-order chi connectivity index (χ0) is 24.5. The van der Waals surface area contributed by atoms with E-state index in [1.807, 2.05) is 48.5 Å². The SMILES string of the molecule is CCN(CC)c1ccc(C=c2sc3nc4ccccc4n3c2=O)c(OCc2ccc(Cl)cc2Cl)c1. The minimum atomic E-state index is -0.0850. The molecule has 0 saturated carbocycles. The van der Waals surface area contributed by atoms with Gasteiger partial charge in [0, 0.05) is 46.0 Å². The molecule has 0 spiro atoms. The third-order valence-corrected chi connectivity index (χ3v) is 7.51. The first kappa shape index (κ1) is 23.7. The van der Waals surface area contributed by atoms with Crippen LogP contribution in [0, 0.1) is 0 Å². The van der Waals surface area contributed by atoms with Gasteiger partial charge < -0.3 is 9.64 Å². The van der Waals surface area contributed by atoms with Crippen molar-refractivity contribution in [2.24, 2.45) is 0 Å². The molecule has 35 heavy (non-hydrogen) atoms. The third-order valence-electron chi connectivity index (χ3n) is 5.96. The Hall–Kier alpha value is -3.06. The number of halogens is 2. The van der Waals surface area contributed by atoms with Gasteiger partial charge in [0.2, 0.25) is 0 Å². The fourth-order valence-electron chi connectivity index (χ4n) is 4.10. The van der Waals surface area contributed by atoms with E-state index in [0.717, 1.165) is 40.9 Å². The number of para-hydroxylation sites is 2. The van der Waals surface area contributed by atoms with Crippen LogP contribution in [0.2, 0.25) is 10.0 Å². The molecule has 2 aromatic heterocycles. The quantitative estimate of drug-likeness (QED) is 0.255. The van der Waals surface area contributed by atoms with Gasteiger partial charge in [0.15, 0.2) is 4.96 Å². The number of aromatic nitrogens is 2. The lowest BCUT2D eigenvalue weighted by Crippen LogP contribution is -2.23. The average Bonchev–Trinajstić information content (AvgIpc) is 3.36. The van der Waals surface area contributed by atoms with Crippen molar-refractivity contribution in [3.63, 3.8) is 0 Å². The van der Waals surface area contributed by atoms with Crippen molar-refractivity contribution in [3.05, 3.63) is 96.7 Å². The Bertz CT molecular complexity index is 1640. The van der Waals surface area contributed by atoms with E-state index in [9.17, 15) is 4.79 Å². The highest BCUT2D eigenvalue weighted by atomic mass is 35.5. The number of imidazole rings is 1. The monoisotopic (exact) mass is 523 g/mol. The van der Waals surface area contributed by atoms with Gasteiger partial charge in [-0.05, 0) is 56.3 Å². The first-order chi connectivity index (χ1) is 17.0. The summed E-state index contributed by atoms with van der Waals surface area (Å²) < 4.78 is 8.53. The number of nitrogens with zero attached hydrogens (tertiary/aromatic N) is 3. The number of ether oxygens (including phenoxy) is 1. The molecule has 5 nitrogen and oxygen atoms in total. The smallest absolute Gasteiger partial charge is 0.274 e. The normalized spacial score (nSPS) is 12.1. The predicted octanol–water partition coefficient (Wildman–Crippen LogP) is 6.19. The first-order valence-corrected chi connectivity index (χ1v) is 12.9. The Morgan fingerprint density at radius 3 is 2.63 bits per heavy atom. The second kappa shape index (κ2) is 9.90. The van der Waals surface area contributed by atoms with Gasteiger partial charge in [-0.2, -0.15) is 0 Å². The molecule has 178 valence electrons. The van der Waals surface area contributed by atoms with Crippen molar-refractivity contribution in [1.29, 1.82) is 0 Å². The zero-order valence-electron chi connectivity index (χ0n) is 19.3. The van der Waals surface area contributed by atoms with Gasteiger partial charge >= 0.3 is 0 Å². The highest BCUT2D eigenvalue weighted by Crippen LogP contribution is 2.29. The molecule has 0 unspecified atom stereocenters. The lowest BCUT2D eigenvalue weighted by molar-refractivity contribution is 0.305. The largest absolute Gasteiger partial charge is 0.488 e. The molecule has 0 amide bonds. The van der Waals surface area contributed by atoms with E-state index < -0.39 is 0 Å². The second-order valence-electron chi connectivity index (χ2n) is 8.05. The molecule has 0 bridgehead atoms. The van der Waals surface area contributed by atoms with Crippen molar-refractivity contribution >= 4 is 62.3 Å². The maximum Gasteiger partial charge on any atom is 0.274 e. The van der Waals surface area contributed by atoms with E-state index in [1.165, 1.54) is 11.3 Å². The number of hydrogen-bond acceptors (Lipinski definition) is 5. The number of thiazole rings is 1. The van der Waals surface area contributed by atoms with E-state index >= 15 is 0 Å². The molecular formula is C27H23Cl2N3O2S. The number of anilines is 1. The van der Waals surface area contributed by atoms with Crippen LogP contribution in [-0.4, -0.2) is 22.5 Å². The molecule has 0 atom stereocenters. The maximum absolute atomic E-state index is 13.3. The van der Waals surface area contributed by atoms with Crippen molar-refractivity contribution in [1.82, 2.24) is 9.38 Å². The van der Waals surface area contributed by atoms with Gasteiger partial charge in [-0.25, -0.2) is 9.38 Å². The van der Waals surface area contributed by atoms with Gasteiger partial charge in [-0.1, -0.05) is 52.7 Å². The molecule has 0 fully saturated rings. The van der Waals surface area contributed by atoms with E-state index in [1.54, 1.807) is 16.5 Å². The molecule has 3 aromatic carbocycles. The number of rotatable bonds is 7. The van der Waals surface area contributed by atoms with Crippen molar-refractivity contribution in [2.45, 2.75) is 20.5 Å². The molecule has 0 saturated heterocycles. The van der Waals surface area contributed by atoms with E-state index in [4.69, 9.17) is 27.9 Å². The van der Waals surface area contributed by atoms with E-state index in [0.29, 0.717) is 25.3 Å². The zero-order valence-corrected chi connectivity index (χ0v) is 21.6. The van der Waals surface area contributed by atoms with Crippen LogP contribution in [0.15, 0.2) is 65.5 Å². The molecule has 0 aliphatic rings. The summed E-state index contributed by atoms with van der Waals surface area (Å²) in [7, 11) is 0. The van der Waals surface area contributed by atoms with E-state index in [2.05, 4.69) is 29.8 Å². The molecule has 2 heterocycles. The van der Waals surface area contributed by atoms with E-state index in [-0.39, 0.29) is 12.2 Å². The van der Waals surface area contributed by atoms with Gasteiger partial charge in [0.05, 0.1) is 15.6 Å². The van der Waals surface area contributed by atoms with Gasteiger partial charge in [0.1, 0.15) is 12.4 Å².